The first-order valence-electron chi connectivity index (χ1n) is 7.81. The average molecular weight is 315 g/mol. The van der Waals surface area contributed by atoms with Gasteiger partial charge in [-0.25, -0.2) is 0 Å². The first-order chi connectivity index (χ1) is 11.1. The van der Waals surface area contributed by atoms with Gasteiger partial charge >= 0.3 is 0 Å². The van der Waals surface area contributed by atoms with Crippen LogP contribution in [0.2, 0.25) is 0 Å². The van der Waals surface area contributed by atoms with Crippen molar-refractivity contribution in [3.05, 3.63) is 29.7 Å². The highest BCUT2D eigenvalue weighted by molar-refractivity contribution is 6.06. The Morgan fingerprint density at radius 3 is 2.30 bits per heavy atom. The maximum absolute atomic E-state index is 12.5. The van der Waals surface area contributed by atoms with Gasteiger partial charge in [0.25, 0.3) is 5.91 Å². The number of nitrogens with zero attached hydrogens (tertiary/aromatic N) is 3. The van der Waals surface area contributed by atoms with E-state index in [1.165, 1.54) is 4.90 Å². The van der Waals surface area contributed by atoms with Crippen molar-refractivity contribution in [3.63, 3.8) is 0 Å². The molecule has 0 radical (unpaired) electrons. The second-order valence-electron chi connectivity index (χ2n) is 6.39. The highest BCUT2D eigenvalue weighted by Gasteiger charge is 2.52. The van der Waals surface area contributed by atoms with E-state index in [0.717, 1.165) is 0 Å². The number of carbonyl (C=O) groups is 3. The first-order valence-corrected chi connectivity index (χ1v) is 7.81. The van der Waals surface area contributed by atoms with Gasteiger partial charge in [-0.2, -0.15) is 0 Å². The third-order valence-electron chi connectivity index (χ3n) is 4.90. The Balaban J connectivity index is 1.43. The van der Waals surface area contributed by atoms with Gasteiger partial charge in [-0.05, 0) is 19.8 Å². The molecule has 7 heteroatoms. The van der Waals surface area contributed by atoms with Gasteiger partial charge in [0.15, 0.2) is 5.69 Å². The molecule has 2 atom stereocenters. The van der Waals surface area contributed by atoms with Crippen molar-refractivity contribution in [1.29, 1.82) is 0 Å². The molecule has 2 aliphatic heterocycles. The van der Waals surface area contributed by atoms with E-state index < -0.39 is 0 Å². The van der Waals surface area contributed by atoms with Crippen LogP contribution in [0.5, 0.6) is 0 Å². The average Bonchev–Trinajstić information content (AvgIpc) is 3.04. The molecule has 0 aromatic carbocycles. The molecule has 3 heterocycles. The van der Waals surface area contributed by atoms with E-state index in [-0.39, 0.29) is 41.3 Å². The molecule has 0 unspecified atom stereocenters. The Morgan fingerprint density at radius 1 is 1.17 bits per heavy atom. The minimum atomic E-state index is -0.226. The number of amides is 3. The summed E-state index contributed by atoms with van der Waals surface area (Å²) in [6.07, 6.45) is 5.22. The molecular weight excluding hydrogens is 298 g/mol. The largest absolute Gasteiger partial charge is 0.361 e. The third-order valence-corrected chi connectivity index (χ3v) is 4.90. The van der Waals surface area contributed by atoms with Gasteiger partial charge < -0.3 is 9.42 Å². The molecule has 1 aromatic heterocycles. The predicted molar refractivity (Wildman–Crippen MR) is 78.1 cm³/mol. The van der Waals surface area contributed by atoms with Crippen LogP contribution in [0.15, 0.2) is 22.7 Å². The molecule has 120 valence electrons. The fourth-order valence-corrected chi connectivity index (χ4v) is 3.60. The van der Waals surface area contributed by atoms with Crippen LogP contribution in [0.3, 0.4) is 0 Å². The molecule has 3 amide bonds. The molecule has 0 spiro atoms. The van der Waals surface area contributed by atoms with E-state index in [0.29, 0.717) is 31.7 Å². The monoisotopic (exact) mass is 315 g/mol. The van der Waals surface area contributed by atoms with Crippen molar-refractivity contribution in [2.24, 2.45) is 11.8 Å². The number of likely N-dealkylation sites (tertiary alicyclic amines) is 2. The fraction of sp³-hybridized carbons (Fsp3) is 0.500. The zero-order valence-electron chi connectivity index (χ0n) is 12.8. The SMILES string of the molecule is Cc1cc(C(=O)N2CC(N3C(=O)[C@H]4CC=CC[C@@H]4C3=O)C2)no1. The van der Waals surface area contributed by atoms with E-state index in [4.69, 9.17) is 4.52 Å². The molecule has 1 aliphatic carbocycles. The standard InChI is InChI=1S/C16H17N3O4/c1-9-6-13(17-23-9)16(22)18-7-10(8-18)19-14(20)11-4-2-3-5-12(11)15(19)21/h2-3,6,10-12H,4-5,7-8H2,1H3/t11-,12-/m0/s1. The van der Waals surface area contributed by atoms with Crippen LogP contribution in [0.25, 0.3) is 0 Å². The summed E-state index contributed by atoms with van der Waals surface area (Å²) in [6.45, 7) is 2.46. The highest BCUT2D eigenvalue weighted by atomic mass is 16.5. The second kappa shape index (κ2) is 5.04. The van der Waals surface area contributed by atoms with Gasteiger partial charge in [-0.15, -0.1) is 0 Å². The van der Waals surface area contributed by atoms with Gasteiger partial charge in [-0.3, -0.25) is 19.3 Å². The summed E-state index contributed by atoms with van der Waals surface area (Å²) < 4.78 is 4.91. The normalized spacial score (nSPS) is 27.3. The molecule has 0 saturated carbocycles. The van der Waals surface area contributed by atoms with Crippen molar-refractivity contribution in [1.82, 2.24) is 15.0 Å². The number of imide groups is 1. The summed E-state index contributed by atoms with van der Waals surface area (Å²) >= 11 is 0. The lowest BCUT2D eigenvalue weighted by Gasteiger charge is -2.42. The molecular formula is C16H17N3O4. The van der Waals surface area contributed by atoms with E-state index in [1.54, 1.807) is 17.9 Å². The number of hydrogen-bond acceptors (Lipinski definition) is 5. The smallest absolute Gasteiger partial charge is 0.276 e. The minimum Gasteiger partial charge on any atom is -0.361 e. The Hall–Kier alpha value is -2.44. The van der Waals surface area contributed by atoms with Gasteiger partial charge in [0.05, 0.1) is 17.9 Å². The van der Waals surface area contributed by atoms with E-state index in [1.807, 2.05) is 12.2 Å². The summed E-state index contributed by atoms with van der Waals surface area (Å²) in [5, 5.41) is 3.71. The summed E-state index contributed by atoms with van der Waals surface area (Å²) in [5.41, 5.74) is 0.262. The number of rotatable bonds is 2. The lowest BCUT2D eigenvalue weighted by Crippen LogP contribution is -2.62. The van der Waals surface area contributed by atoms with Crippen LogP contribution in [0.4, 0.5) is 0 Å². The lowest BCUT2D eigenvalue weighted by atomic mass is 9.85. The minimum absolute atomic E-state index is 0.0845. The highest BCUT2D eigenvalue weighted by Crippen LogP contribution is 2.37. The van der Waals surface area contributed by atoms with Crippen molar-refractivity contribution in [2.75, 3.05) is 13.1 Å². The molecule has 7 nitrogen and oxygen atoms in total. The van der Waals surface area contributed by atoms with Gasteiger partial charge in [0.1, 0.15) is 5.76 Å². The summed E-state index contributed by atoms with van der Waals surface area (Å²) in [4.78, 5) is 40.1. The molecule has 23 heavy (non-hydrogen) atoms. The molecule has 1 aromatic rings. The van der Waals surface area contributed by atoms with Crippen LogP contribution in [-0.4, -0.2) is 51.8 Å². The number of aryl methyl sites for hydroxylation is 1. The molecule has 0 bridgehead atoms. The van der Waals surface area contributed by atoms with Gasteiger partial charge in [-0.1, -0.05) is 17.3 Å². The van der Waals surface area contributed by atoms with Crippen LogP contribution in [0.1, 0.15) is 29.1 Å². The van der Waals surface area contributed by atoms with Crippen molar-refractivity contribution < 1.29 is 18.9 Å². The van der Waals surface area contributed by atoms with Crippen LogP contribution in [0, 0.1) is 18.8 Å². The quantitative estimate of drug-likeness (QED) is 0.594. The van der Waals surface area contributed by atoms with E-state index in [2.05, 4.69) is 5.16 Å². The Kier molecular flexibility index (Phi) is 3.11. The molecule has 2 saturated heterocycles. The number of aromatic nitrogens is 1. The number of fused-ring (bicyclic) bond motifs is 1. The molecule has 0 N–H and O–H groups in total. The zero-order valence-corrected chi connectivity index (χ0v) is 12.8. The Morgan fingerprint density at radius 2 is 1.78 bits per heavy atom. The summed E-state index contributed by atoms with van der Waals surface area (Å²) in [5.74, 6) is -0.244. The maximum Gasteiger partial charge on any atom is 0.276 e. The predicted octanol–water partition coefficient (Wildman–Crippen LogP) is 0.759. The number of hydrogen-bond donors (Lipinski definition) is 0. The maximum atomic E-state index is 12.5. The molecule has 3 aliphatic rings. The first kappa shape index (κ1) is 14.2. The fourth-order valence-electron chi connectivity index (χ4n) is 3.60. The van der Waals surface area contributed by atoms with Crippen LogP contribution >= 0.6 is 0 Å². The molecule has 2 fully saturated rings. The summed E-state index contributed by atoms with van der Waals surface area (Å²) in [7, 11) is 0. The number of carbonyl (C=O) groups excluding carboxylic acids is 3. The Bertz CT molecular complexity index is 691. The van der Waals surface area contributed by atoms with Crippen molar-refractivity contribution in [3.8, 4) is 0 Å². The topological polar surface area (TPSA) is 83.7 Å². The third kappa shape index (κ3) is 2.10. The van der Waals surface area contributed by atoms with Crippen molar-refractivity contribution in [2.45, 2.75) is 25.8 Å². The lowest BCUT2D eigenvalue weighted by molar-refractivity contribution is -0.145. The van der Waals surface area contributed by atoms with Gasteiger partial charge in [0.2, 0.25) is 11.8 Å². The summed E-state index contributed by atoms with van der Waals surface area (Å²) in [6, 6.07) is 1.37. The van der Waals surface area contributed by atoms with Crippen molar-refractivity contribution >= 4 is 17.7 Å². The molecule has 4 rings (SSSR count). The van der Waals surface area contributed by atoms with Crippen LogP contribution < -0.4 is 0 Å². The number of allylic oxidation sites excluding steroid dienone is 2. The second-order valence-corrected chi connectivity index (χ2v) is 6.39. The zero-order chi connectivity index (χ0) is 16.1. The Labute approximate surface area is 132 Å². The van der Waals surface area contributed by atoms with E-state index >= 15 is 0 Å². The van der Waals surface area contributed by atoms with Crippen LogP contribution in [-0.2, 0) is 9.59 Å². The van der Waals surface area contributed by atoms with Gasteiger partial charge in [0, 0.05) is 19.2 Å². The van der Waals surface area contributed by atoms with E-state index in [9.17, 15) is 14.4 Å².